The van der Waals surface area contributed by atoms with Crippen molar-refractivity contribution < 1.29 is 9.84 Å². The zero-order chi connectivity index (χ0) is 11.4. The van der Waals surface area contributed by atoms with E-state index in [0.29, 0.717) is 17.7 Å². The summed E-state index contributed by atoms with van der Waals surface area (Å²) < 4.78 is 5.01. The molecule has 15 heavy (non-hydrogen) atoms. The van der Waals surface area contributed by atoms with Crippen molar-refractivity contribution in [3.63, 3.8) is 0 Å². The van der Waals surface area contributed by atoms with Crippen LogP contribution in [0.15, 0.2) is 30.4 Å². The molecule has 0 aliphatic rings. The second kappa shape index (κ2) is 4.84. The van der Waals surface area contributed by atoms with Crippen LogP contribution in [-0.4, -0.2) is 12.2 Å². The molecule has 3 heteroatoms. The second-order valence-corrected chi connectivity index (χ2v) is 3.67. The first-order valence-corrected chi connectivity index (χ1v) is 4.82. The van der Waals surface area contributed by atoms with Gasteiger partial charge in [0.1, 0.15) is 0 Å². The van der Waals surface area contributed by atoms with Crippen LogP contribution in [0.1, 0.15) is 24.9 Å². The monoisotopic (exact) mass is 207 g/mol. The van der Waals surface area contributed by atoms with Crippen LogP contribution in [0.3, 0.4) is 0 Å². The van der Waals surface area contributed by atoms with E-state index in [-0.39, 0.29) is 11.8 Å². The first-order chi connectivity index (χ1) is 7.06. The fourth-order valence-electron chi connectivity index (χ4n) is 1.49. The first kappa shape index (κ1) is 11.6. The summed E-state index contributed by atoms with van der Waals surface area (Å²) in [6.07, 6.45) is 0.653. The summed E-state index contributed by atoms with van der Waals surface area (Å²) in [7, 11) is 1.52. The topological polar surface area (TPSA) is 55.5 Å². The molecule has 1 aromatic rings. The molecular weight excluding hydrogens is 190 g/mol. The smallest absolute Gasteiger partial charge is 0.162 e. The Labute approximate surface area is 90.2 Å². The van der Waals surface area contributed by atoms with Crippen molar-refractivity contribution in [2.75, 3.05) is 7.11 Å². The van der Waals surface area contributed by atoms with Gasteiger partial charge in [-0.25, -0.2) is 0 Å². The number of aromatic hydroxyl groups is 1. The molecule has 0 aliphatic heterocycles. The van der Waals surface area contributed by atoms with Crippen molar-refractivity contribution in [2.24, 2.45) is 5.73 Å². The van der Waals surface area contributed by atoms with E-state index < -0.39 is 0 Å². The van der Waals surface area contributed by atoms with Crippen molar-refractivity contribution in [2.45, 2.75) is 19.4 Å². The molecule has 0 aromatic heterocycles. The molecule has 0 spiro atoms. The molecular formula is C12H17NO2. The van der Waals surface area contributed by atoms with Crippen LogP contribution in [0, 0.1) is 0 Å². The Balaban J connectivity index is 2.98. The summed E-state index contributed by atoms with van der Waals surface area (Å²) in [6, 6.07) is 5.07. The maximum atomic E-state index is 9.84. The molecule has 0 radical (unpaired) electrons. The number of hydrogen-bond donors (Lipinski definition) is 2. The highest BCUT2D eigenvalue weighted by Gasteiger charge is 2.13. The molecule has 0 saturated heterocycles. The summed E-state index contributed by atoms with van der Waals surface area (Å²) in [4.78, 5) is 0. The van der Waals surface area contributed by atoms with Crippen LogP contribution < -0.4 is 10.5 Å². The average Bonchev–Trinajstić information content (AvgIpc) is 2.17. The lowest BCUT2D eigenvalue weighted by atomic mass is 10.00. The number of nitrogens with two attached hydrogens (primary N) is 1. The third kappa shape index (κ3) is 2.73. The molecule has 1 aromatic carbocycles. The van der Waals surface area contributed by atoms with Crippen LogP contribution in [0.5, 0.6) is 11.5 Å². The third-order valence-corrected chi connectivity index (χ3v) is 2.22. The minimum atomic E-state index is -0.238. The first-order valence-electron chi connectivity index (χ1n) is 4.82. The molecule has 0 saturated carbocycles. The van der Waals surface area contributed by atoms with Crippen LogP contribution in [-0.2, 0) is 0 Å². The van der Waals surface area contributed by atoms with Gasteiger partial charge >= 0.3 is 0 Å². The maximum Gasteiger partial charge on any atom is 0.162 e. The number of hydrogen-bond acceptors (Lipinski definition) is 3. The van der Waals surface area contributed by atoms with E-state index in [2.05, 4.69) is 6.58 Å². The van der Waals surface area contributed by atoms with Gasteiger partial charge in [0.25, 0.3) is 0 Å². The van der Waals surface area contributed by atoms with Gasteiger partial charge in [-0.3, -0.25) is 0 Å². The minimum Gasteiger partial charge on any atom is -0.504 e. The molecule has 0 amide bonds. The van der Waals surface area contributed by atoms with Gasteiger partial charge in [0, 0.05) is 11.6 Å². The van der Waals surface area contributed by atoms with Gasteiger partial charge in [0.05, 0.1) is 7.11 Å². The van der Waals surface area contributed by atoms with E-state index in [1.54, 1.807) is 12.1 Å². The van der Waals surface area contributed by atoms with Crippen molar-refractivity contribution >= 4 is 0 Å². The van der Waals surface area contributed by atoms with Gasteiger partial charge in [0.15, 0.2) is 11.5 Å². The quantitative estimate of drug-likeness (QED) is 0.745. The fraction of sp³-hybridized carbons (Fsp3) is 0.333. The minimum absolute atomic E-state index is 0.119. The van der Waals surface area contributed by atoms with Crippen molar-refractivity contribution in [1.82, 2.24) is 0 Å². The zero-order valence-electron chi connectivity index (χ0n) is 9.16. The summed E-state index contributed by atoms with van der Waals surface area (Å²) >= 11 is 0. The van der Waals surface area contributed by atoms with Crippen molar-refractivity contribution in [1.29, 1.82) is 0 Å². The van der Waals surface area contributed by atoms with Crippen molar-refractivity contribution in [3.05, 3.63) is 35.9 Å². The Morgan fingerprint density at radius 1 is 1.60 bits per heavy atom. The molecule has 3 N–H and O–H groups in total. The highest BCUT2D eigenvalue weighted by molar-refractivity contribution is 5.46. The fourth-order valence-corrected chi connectivity index (χ4v) is 1.49. The SMILES string of the molecule is C=C(C)C[C@@H](N)c1cccc(OC)c1O. The number of methoxy groups -OCH3 is 1. The standard InChI is InChI=1S/C12H17NO2/c1-8(2)7-10(13)9-5-4-6-11(15-3)12(9)14/h4-6,10,14H,1,7,13H2,2-3H3/t10-/m1/s1. The Morgan fingerprint density at radius 2 is 2.27 bits per heavy atom. The predicted molar refractivity (Wildman–Crippen MR) is 61.0 cm³/mol. The Morgan fingerprint density at radius 3 is 2.80 bits per heavy atom. The van der Waals surface area contributed by atoms with E-state index in [1.165, 1.54) is 7.11 Å². The Hall–Kier alpha value is -1.48. The lowest BCUT2D eigenvalue weighted by molar-refractivity contribution is 0.368. The van der Waals surface area contributed by atoms with E-state index in [9.17, 15) is 5.11 Å². The summed E-state index contributed by atoms with van der Waals surface area (Å²) in [6.45, 7) is 5.71. The molecule has 82 valence electrons. The molecule has 1 rings (SSSR count). The van der Waals surface area contributed by atoms with Crippen molar-refractivity contribution in [3.8, 4) is 11.5 Å². The van der Waals surface area contributed by atoms with Crippen LogP contribution in [0.4, 0.5) is 0 Å². The normalized spacial score (nSPS) is 12.2. The molecule has 0 bridgehead atoms. The van der Waals surface area contributed by atoms with Gasteiger partial charge in [-0.05, 0) is 19.4 Å². The number of para-hydroxylation sites is 1. The Kier molecular flexibility index (Phi) is 3.74. The van der Waals surface area contributed by atoms with Gasteiger partial charge in [-0.15, -0.1) is 6.58 Å². The molecule has 3 nitrogen and oxygen atoms in total. The highest BCUT2D eigenvalue weighted by Crippen LogP contribution is 2.34. The summed E-state index contributed by atoms with van der Waals surface area (Å²) in [5.41, 5.74) is 7.63. The lowest BCUT2D eigenvalue weighted by Crippen LogP contribution is -2.10. The van der Waals surface area contributed by atoms with Crippen LogP contribution in [0.2, 0.25) is 0 Å². The lowest BCUT2D eigenvalue weighted by Gasteiger charge is -2.15. The van der Waals surface area contributed by atoms with E-state index >= 15 is 0 Å². The maximum absolute atomic E-state index is 9.84. The number of rotatable bonds is 4. The molecule has 0 heterocycles. The van der Waals surface area contributed by atoms with E-state index in [4.69, 9.17) is 10.5 Å². The zero-order valence-corrected chi connectivity index (χ0v) is 9.16. The summed E-state index contributed by atoms with van der Waals surface area (Å²) in [5.74, 6) is 0.568. The predicted octanol–water partition coefficient (Wildman–Crippen LogP) is 2.37. The highest BCUT2D eigenvalue weighted by atomic mass is 16.5. The van der Waals surface area contributed by atoms with Gasteiger partial charge in [0.2, 0.25) is 0 Å². The second-order valence-electron chi connectivity index (χ2n) is 3.67. The average molecular weight is 207 g/mol. The Bertz CT molecular complexity index is 361. The van der Waals surface area contributed by atoms with Gasteiger partial charge < -0.3 is 15.6 Å². The largest absolute Gasteiger partial charge is 0.504 e. The van der Waals surface area contributed by atoms with E-state index in [0.717, 1.165) is 5.57 Å². The third-order valence-electron chi connectivity index (χ3n) is 2.22. The number of phenolic OH excluding ortho intramolecular Hbond substituents is 1. The molecule has 1 atom stereocenters. The van der Waals surface area contributed by atoms with Gasteiger partial charge in [-0.1, -0.05) is 17.7 Å². The van der Waals surface area contributed by atoms with Crippen LogP contribution in [0.25, 0.3) is 0 Å². The number of ether oxygens (including phenoxy) is 1. The molecule has 0 fully saturated rings. The van der Waals surface area contributed by atoms with Gasteiger partial charge in [-0.2, -0.15) is 0 Å². The molecule has 0 aliphatic carbocycles. The van der Waals surface area contributed by atoms with Crippen LogP contribution >= 0.6 is 0 Å². The number of phenols is 1. The van der Waals surface area contributed by atoms with E-state index in [1.807, 2.05) is 13.0 Å². The number of benzene rings is 1. The molecule has 0 unspecified atom stereocenters. The summed E-state index contributed by atoms with van der Waals surface area (Å²) in [5, 5.41) is 9.84.